The van der Waals surface area contributed by atoms with Crippen LogP contribution < -0.4 is 9.47 Å². The average molecular weight is 327 g/mol. The fourth-order valence-corrected chi connectivity index (χ4v) is 2.81. The molecule has 0 aliphatic rings. The second-order valence-corrected chi connectivity index (χ2v) is 5.36. The van der Waals surface area contributed by atoms with Crippen LogP contribution in [-0.4, -0.2) is 19.3 Å². The summed E-state index contributed by atoms with van der Waals surface area (Å²) in [5.41, 5.74) is 1.44. The molecule has 1 N–H and O–H groups in total. The lowest BCUT2D eigenvalue weighted by molar-refractivity contribution is 0.178. The zero-order chi connectivity index (χ0) is 15.4. The third-order valence-corrected chi connectivity index (χ3v) is 3.87. The van der Waals surface area contributed by atoms with Crippen LogP contribution in [0.2, 0.25) is 10.0 Å². The van der Waals surface area contributed by atoms with Gasteiger partial charge >= 0.3 is 0 Å². The van der Waals surface area contributed by atoms with Crippen LogP contribution in [0, 0.1) is 0 Å². The van der Waals surface area contributed by atoms with E-state index in [1.807, 2.05) is 12.1 Å². The quantitative estimate of drug-likeness (QED) is 0.890. The summed E-state index contributed by atoms with van der Waals surface area (Å²) in [6.45, 7) is 0. The number of methoxy groups -OCH3 is 2. The Bertz CT molecular complexity index is 609. The van der Waals surface area contributed by atoms with E-state index in [2.05, 4.69) is 0 Å². The molecule has 3 nitrogen and oxygen atoms in total. The number of halogens is 2. The molecule has 0 aliphatic carbocycles. The van der Waals surface area contributed by atoms with Gasteiger partial charge in [0.2, 0.25) is 0 Å². The number of ether oxygens (including phenoxy) is 2. The minimum Gasteiger partial charge on any atom is -0.493 e. The number of hydrogen-bond donors (Lipinski definition) is 1. The lowest BCUT2D eigenvalue weighted by Gasteiger charge is -2.15. The van der Waals surface area contributed by atoms with Gasteiger partial charge in [0.15, 0.2) is 11.5 Å². The molecular formula is C16H16Cl2O3. The zero-order valence-corrected chi connectivity index (χ0v) is 13.3. The number of rotatable bonds is 5. The van der Waals surface area contributed by atoms with Crippen molar-refractivity contribution in [1.82, 2.24) is 0 Å². The first-order valence-electron chi connectivity index (χ1n) is 6.39. The summed E-state index contributed by atoms with van der Waals surface area (Å²) in [4.78, 5) is 0. The number of benzene rings is 2. The highest BCUT2D eigenvalue weighted by Gasteiger charge is 2.17. The van der Waals surface area contributed by atoms with Gasteiger partial charge < -0.3 is 14.6 Å². The topological polar surface area (TPSA) is 38.7 Å². The predicted octanol–water partition coefficient (Wildman–Crippen LogP) is 4.29. The fraction of sp³-hybridized carbons (Fsp3) is 0.250. The monoisotopic (exact) mass is 326 g/mol. The Balaban J connectivity index is 2.25. The van der Waals surface area contributed by atoms with Crippen molar-refractivity contribution in [3.05, 3.63) is 57.6 Å². The molecule has 0 saturated heterocycles. The van der Waals surface area contributed by atoms with Crippen molar-refractivity contribution in [2.24, 2.45) is 0 Å². The van der Waals surface area contributed by atoms with E-state index in [4.69, 9.17) is 32.7 Å². The molecule has 0 radical (unpaired) electrons. The molecule has 0 spiro atoms. The molecule has 0 aromatic heterocycles. The predicted molar refractivity (Wildman–Crippen MR) is 84.7 cm³/mol. The minimum absolute atomic E-state index is 0.379. The molecule has 21 heavy (non-hydrogen) atoms. The van der Waals surface area contributed by atoms with Crippen molar-refractivity contribution in [3.63, 3.8) is 0 Å². The Morgan fingerprint density at radius 2 is 1.62 bits per heavy atom. The molecule has 0 aliphatic heterocycles. The molecule has 112 valence electrons. The standard InChI is InChI=1S/C16H16Cl2O3/c1-20-14-7-6-10(9-15(14)21-2)8-13(19)16-11(17)4-3-5-12(16)18/h3-7,9,13,19H,8H2,1-2H3. The molecule has 0 bridgehead atoms. The molecule has 2 rings (SSSR count). The van der Waals surface area contributed by atoms with Crippen LogP contribution in [0.5, 0.6) is 11.5 Å². The summed E-state index contributed by atoms with van der Waals surface area (Å²) in [6.07, 6.45) is -0.409. The van der Waals surface area contributed by atoms with E-state index in [9.17, 15) is 5.11 Å². The first kappa shape index (κ1) is 16.0. The van der Waals surface area contributed by atoms with Crippen LogP contribution in [0.1, 0.15) is 17.2 Å². The molecule has 0 saturated carbocycles. The van der Waals surface area contributed by atoms with Crippen LogP contribution in [0.25, 0.3) is 0 Å². The molecule has 5 heteroatoms. The normalized spacial score (nSPS) is 12.0. The van der Waals surface area contributed by atoms with Gasteiger partial charge in [0.1, 0.15) is 0 Å². The Hall–Kier alpha value is -1.42. The molecule has 2 aromatic rings. The van der Waals surface area contributed by atoms with Gasteiger partial charge in [-0.05, 0) is 29.8 Å². The van der Waals surface area contributed by atoms with Gasteiger partial charge in [-0.15, -0.1) is 0 Å². The van der Waals surface area contributed by atoms with Crippen molar-refractivity contribution in [2.75, 3.05) is 14.2 Å². The van der Waals surface area contributed by atoms with Crippen molar-refractivity contribution in [3.8, 4) is 11.5 Å². The summed E-state index contributed by atoms with van der Waals surface area (Å²) in [5, 5.41) is 11.3. The smallest absolute Gasteiger partial charge is 0.160 e. The van der Waals surface area contributed by atoms with Crippen LogP contribution in [0.3, 0.4) is 0 Å². The van der Waals surface area contributed by atoms with Crippen LogP contribution in [0.4, 0.5) is 0 Å². The molecular weight excluding hydrogens is 311 g/mol. The maximum atomic E-state index is 10.4. The third-order valence-electron chi connectivity index (χ3n) is 3.21. The maximum Gasteiger partial charge on any atom is 0.160 e. The summed E-state index contributed by atoms with van der Waals surface area (Å²) < 4.78 is 10.4. The largest absolute Gasteiger partial charge is 0.493 e. The van der Waals surface area contributed by atoms with E-state index in [1.54, 1.807) is 38.5 Å². The van der Waals surface area contributed by atoms with Gasteiger partial charge in [-0.3, -0.25) is 0 Å². The van der Waals surface area contributed by atoms with E-state index in [1.165, 1.54) is 0 Å². The summed E-state index contributed by atoms with van der Waals surface area (Å²) in [5.74, 6) is 1.26. The lowest BCUT2D eigenvalue weighted by atomic mass is 10.0. The van der Waals surface area contributed by atoms with E-state index in [0.29, 0.717) is 33.5 Å². The van der Waals surface area contributed by atoms with E-state index in [-0.39, 0.29) is 0 Å². The lowest BCUT2D eigenvalue weighted by Crippen LogP contribution is -2.04. The highest BCUT2D eigenvalue weighted by molar-refractivity contribution is 6.36. The van der Waals surface area contributed by atoms with Crippen molar-refractivity contribution < 1.29 is 14.6 Å². The summed E-state index contributed by atoms with van der Waals surface area (Å²) in [6, 6.07) is 10.7. The Morgan fingerprint density at radius 1 is 1.00 bits per heavy atom. The molecule has 1 unspecified atom stereocenters. The molecule has 1 atom stereocenters. The van der Waals surface area contributed by atoms with Gasteiger partial charge in [0.25, 0.3) is 0 Å². The highest BCUT2D eigenvalue weighted by Crippen LogP contribution is 2.34. The second kappa shape index (κ2) is 7.03. The second-order valence-electron chi connectivity index (χ2n) is 4.54. The highest BCUT2D eigenvalue weighted by atomic mass is 35.5. The fourth-order valence-electron chi connectivity index (χ4n) is 2.16. The van der Waals surface area contributed by atoms with Gasteiger partial charge in [-0.1, -0.05) is 35.3 Å². The van der Waals surface area contributed by atoms with Crippen molar-refractivity contribution in [2.45, 2.75) is 12.5 Å². The van der Waals surface area contributed by atoms with Gasteiger partial charge in [-0.25, -0.2) is 0 Å². The van der Waals surface area contributed by atoms with Gasteiger partial charge in [0, 0.05) is 22.0 Å². The van der Waals surface area contributed by atoms with Crippen molar-refractivity contribution in [1.29, 1.82) is 0 Å². The SMILES string of the molecule is COc1ccc(CC(O)c2c(Cl)cccc2Cl)cc1OC. The average Bonchev–Trinajstić information content (AvgIpc) is 2.46. The van der Waals surface area contributed by atoms with E-state index >= 15 is 0 Å². The van der Waals surface area contributed by atoms with Gasteiger partial charge in [-0.2, -0.15) is 0 Å². The Kier molecular flexibility index (Phi) is 5.34. The number of aliphatic hydroxyl groups is 1. The molecule has 0 fully saturated rings. The first-order chi connectivity index (χ1) is 10.1. The summed E-state index contributed by atoms with van der Waals surface area (Å²) in [7, 11) is 3.15. The van der Waals surface area contributed by atoms with Crippen molar-refractivity contribution >= 4 is 23.2 Å². The van der Waals surface area contributed by atoms with Gasteiger partial charge in [0.05, 0.1) is 20.3 Å². The molecule has 2 aromatic carbocycles. The zero-order valence-electron chi connectivity index (χ0n) is 11.8. The Morgan fingerprint density at radius 3 is 2.19 bits per heavy atom. The maximum absolute atomic E-state index is 10.4. The van der Waals surface area contributed by atoms with Crippen LogP contribution in [0.15, 0.2) is 36.4 Å². The molecule has 0 heterocycles. The first-order valence-corrected chi connectivity index (χ1v) is 7.15. The summed E-state index contributed by atoms with van der Waals surface area (Å²) >= 11 is 12.2. The van der Waals surface area contributed by atoms with E-state index < -0.39 is 6.10 Å². The Labute approximate surface area is 134 Å². The molecule has 0 amide bonds. The number of hydrogen-bond acceptors (Lipinski definition) is 3. The minimum atomic E-state index is -0.788. The van der Waals surface area contributed by atoms with Crippen LogP contribution in [-0.2, 0) is 6.42 Å². The van der Waals surface area contributed by atoms with Crippen LogP contribution >= 0.6 is 23.2 Å². The van der Waals surface area contributed by atoms with E-state index in [0.717, 1.165) is 5.56 Å². The third kappa shape index (κ3) is 3.62. The number of aliphatic hydroxyl groups excluding tert-OH is 1.